The van der Waals surface area contributed by atoms with E-state index in [2.05, 4.69) is 51.3 Å². The molecule has 9 heteroatoms. The van der Waals surface area contributed by atoms with Gasteiger partial charge in [0.1, 0.15) is 11.6 Å². The van der Waals surface area contributed by atoms with Crippen LogP contribution in [0.4, 0.5) is 4.79 Å². The van der Waals surface area contributed by atoms with E-state index < -0.39 is 23.6 Å². The molecule has 226 valence electrons. The van der Waals surface area contributed by atoms with Crippen molar-refractivity contribution in [2.24, 2.45) is 0 Å². The first kappa shape index (κ1) is 30.3. The van der Waals surface area contributed by atoms with E-state index in [0.29, 0.717) is 12.2 Å². The van der Waals surface area contributed by atoms with Gasteiger partial charge in [-0.3, -0.25) is 9.59 Å². The lowest BCUT2D eigenvalue weighted by Crippen LogP contribution is -2.53. The molecule has 1 atom stereocenters. The number of carbonyl (C=O) groups excluding carboxylic acids is 3. The molecule has 44 heavy (non-hydrogen) atoms. The first-order valence-electron chi connectivity index (χ1n) is 14.6. The van der Waals surface area contributed by atoms with Gasteiger partial charge in [-0.15, -0.1) is 0 Å². The lowest BCUT2D eigenvalue weighted by molar-refractivity contribution is -0.128. The van der Waals surface area contributed by atoms with Gasteiger partial charge in [-0.1, -0.05) is 78.9 Å². The predicted molar refractivity (Wildman–Crippen MR) is 171 cm³/mol. The first-order valence-corrected chi connectivity index (χ1v) is 14.6. The lowest BCUT2D eigenvalue weighted by Gasteiger charge is -2.22. The molecule has 0 aliphatic heterocycles. The molecular formula is C35H37N5O4. The van der Waals surface area contributed by atoms with Crippen LogP contribution < -0.4 is 16.0 Å². The van der Waals surface area contributed by atoms with Gasteiger partial charge in [-0.25, -0.2) is 9.78 Å². The summed E-state index contributed by atoms with van der Waals surface area (Å²) in [4.78, 5) is 43.2. The molecule has 0 radical (unpaired) electrons. The smallest absolute Gasteiger partial charge is 0.407 e. The van der Waals surface area contributed by atoms with Crippen LogP contribution in [0.15, 0.2) is 97.5 Å². The average molecular weight is 592 g/mol. The standard InChI is InChI=1S/C35H37N5O4/c1-35(2,3)44-34(43)38-21-31(33(42)37-19-28-13-8-12-26-10-6-7-14-30(26)28)39-32(41)18-29-20-36-23-40(29)22-24-15-16-25-9-4-5-11-27(25)17-24/h4-17,20,23,31H,18-19,21-22H2,1-3H3,(H,37,42)(H,38,43)(H,39,41). The molecule has 5 aromatic rings. The minimum Gasteiger partial charge on any atom is -0.444 e. The summed E-state index contributed by atoms with van der Waals surface area (Å²) in [5, 5.41) is 12.7. The number of fused-ring (bicyclic) bond motifs is 2. The van der Waals surface area contributed by atoms with Crippen LogP contribution in [0.1, 0.15) is 37.6 Å². The molecule has 9 nitrogen and oxygen atoms in total. The van der Waals surface area contributed by atoms with Gasteiger partial charge in [0.05, 0.1) is 19.3 Å². The normalized spacial score (nSPS) is 12.1. The summed E-state index contributed by atoms with van der Waals surface area (Å²) in [6.45, 7) is 5.93. The molecule has 0 aliphatic rings. The monoisotopic (exact) mass is 591 g/mol. The summed E-state index contributed by atoms with van der Waals surface area (Å²) in [7, 11) is 0. The van der Waals surface area contributed by atoms with Crippen molar-refractivity contribution in [2.75, 3.05) is 6.54 Å². The second kappa shape index (κ2) is 13.4. The molecule has 0 saturated heterocycles. The number of carbonyl (C=O) groups is 3. The number of nitrogens with one attached hydrogen (secondary N) is 3. The minimum absolute atomic E-state index is 0.00707. The summed E-state index contributed by atoms with van der Waals surface area (Å²) in [6, 6.07) is 27.2. The van der Waals surface area contributed by atoms with Crippen LogP contribution in [0.25, 0.3) is 21.5 Å². The van der Waals surface area contributed by atoms with E-state index in [1.165, 1.54) is 0 Å². The molecule has 4 aromatic carbocycles. The first-order chi connectivity index (χ1) is 21.1. The van der Waals surface area contributed by atoms with E-state index in [1.54, 1.807) is 33.3 Å². The molecule has 0 bridgehead atoms. The lowest BCUT2D eigenvalue weighted by atomic mass is 10.0. The fourth-order valence-corrected chi connectivity index (χ4v) is 5.04. The van der Waals surface area contributed by atoms with Crippen LogP contribution >= 0.6 is 0 Å². The Morgan fingerprint density at radius 2 is 1.59 bits per heavy atom. The molecule has 1 aromatic heterocycles. The van der Waals surface area contributed by atoms with Crippen LogP contribution in [-0.4, -0.2) is 45.6 Å². The Labute approximate surface area is 256 Å². The average Bonchev–Trinajstić information content (AvgIpc) is 3.42. The van der Waals surface area contributed by atoms with Crippen molar-refractivity contribution < 1.29 is 19.1 Å². The number of aromatic nitrogens is 2. The van der Waals surface area contributed by atoms with Crippen LogP contribution in [0, 0.1) is 0 Å². The van der Waals surface area contributed by atoms with Crippen molar-refractivity contribution >= 4 is 39.5 Å². The fourth-order valence-electron chi connectivity index (χ4n) is 5.04. The van der Waals surface area contributed by atoms with Gasteiger partial charge in [0, 0.05) is 25.0 Å². The fraction of sp³-hybridized carbons (Fsp3) is 0.257. The van der Waals surface area contributed by atoms with Crippen LogP contribution in [0.3, 0.4) is 0 Å². The third-order valence-electron chi connectivity index (χ3n) is 7.14. The van der Waals surface area contributed by atoms with Crippen LogP contribution in [0.5, 0.6) is 0 Å². The van der Waals surface area contributed by atoms with Crippen LogP contribution in [0.2, 0.25) is 0 Å². The zero-order valence-electron chi connectivity index (χ0n) is 25.2. The Balaban J connectivity index is 1.26. The van der Waals surface area contributed by atoms with Crippen molar-refractivity contribution in [2.45, 2.75) is 51.9 Å². The van der Waals surface area contributed by atoms with Crippen molar-refractivity contribution in [1.29, 1.82) is 0 Å². The Kier molecular flexibility index (Phi) is 9.23. The maximum atomic E-state index is 13.4. The van der Waals surface area contributed by atoms with E-state index in [4.69, 9.17) is 4.74 Å². The maximum Gasteiger partial charge on any atom is 0.407 e. The molecular weight excluding hydrogens is 554 g/mol. The van der Waals surface area contributed by atoms with Gasteiger partial charge in [0.25, 0.3) is 0 Å². The second-order valence-corrected chi connectivity index (χ2v) is 11.7. The van der Waals surface area contributed by atoms with Crippen molar-refractivity contribution in [3.05, 3.63) is 114 Å². The van der Waals surface area contributed by atoms with Crippen LogP contribution in [-0.2, 0) is 33.8 Å². The summed E-state index contributed by atoms with van der Waals surface area (Å²) in [6.07, 6.45) is 2.67. The van der Waals surface area contributed by atoms with Gasteiger partial charge in [-0.2, -0.15) is 0 Å². The number of alkyl carbamates (subject to hydrolysis) is 1. The highest BCUT2D eigenvalue weighted by atomic mass is 16.6. The highest BCUT2D eigenvalue weighted by Crippen LogP contribution is 2.19. The largest absolute Gasteiger partial charge is 0.444 e. The molecule has 0 spiro atoms. The van der Waals surface area contributed by atoms with Crippen molar-refractivity contribution in [3.63, 3.8) is 0 Å². The minimum atomic E-state index is -1.03. The number of rotatable bonds is 10. The molecule has 1 heterocycles. The molecule has 3 amide bonds. The highest BCUT2D eigenvalue weighted by molar-refractivity contribution is 5.90. The third kappa shape index (κ3) is 8.01. The number of benzene rings is 4. The number of imidazole rings is 1. The van der Waals surface area contributed by atoms with Gasteiger partial charge in [0.2, 0.25) is 11.8 Å². The SMILES string of the molecule is CC(C)(C)OC(=O)NCC(NC(=O)Cc1cncn1Cc1ccc2ccccc2c1)C(=O)NCc1cccc2ccccc12. The molecule has 0 aliphatic carbocycles. The zero-order valence-corrected chi connectivity index (χ0v) is 25.2. The van der Waals surface area contributed by atoms with Gasteiger partial charge >= 0.3 is 6.09 Å². The van der Waals surface area contributed by atoms with Gasteiger partial charge in [-0.05, 0) is 59.5 Å². The summed E-state index contributed by atoms with van der Waals surface area (Å²) < 4.78 is 7.24. The molecule has 0 saturated carbocycles. The molecule has 5 rings (SSSR count). The quantitative estimate of drug-likeness (QED) is 0.209. The van der Waals surface area contributed by atoms with Gasteiger partial charge in [0.15, 0.2) is 0 Å². The predicted octanol–water partition coefficient (Wildman–Crippen LogP) is 5.11. The number of nitrogens with zero attached hydrogens (tertiary/aromatic N) is 2. The number of ether oxygens (including phenoxy) is 1. The maximum absolute atomic E-state index is 13.4. The van der Waals surface area contributed by atoms with Gasteiger partial charge < -0.3 is 25.3 Å². The Morgan fingerprint density at radius 3 is 2.39 bits per heavy atom. The summed E-state index contributed by atoms with van der Waals surface area (Å²) in [5.41, 5.74) is 2.02. The van der Waals surface area contributed by atoms with Crippen molar-refractivity contribution in [3.8, 4) is 0 Å². The number of hydrogen-bond donors (Lipinski definition) is 3. The Bertz CT molecular complexity index is 1780. The Hall–Kier alpha value is -5.18. The van der Waals surface area contributed by atoms with E-state index in [0.717, 1.165) is 32.7 Å². The molecule has 1 unspecified atom stereocenters. The summed E-state index contributed by atoms with van der Waals surface area (Å²) in [5.74, 6) is -0.798. The highest BCUT2D eigenvalue weighted by Gasteiger charge is 2.24. The Morgan fingerprint density at radius 1 is 0.864 bits per heavy atom. The van der Waals surface area contributed by atoms with E-state index in [1.807, 2.05) is 59.2 Å². The third-order valence-corrected chi connectivity index (χ3v) is 7.14. The molecule has 0 fully saturated rings. The zero-order chi connectivity index (χ0) is 31.1. The topological polar surface area (TPSA) is 114 Å². The number of amides is 3. The van der Waals surface area contributed by atoms with Crippen molar-refractivity contribution in [1.82, 2.24) is 25.5 Å². The van der Waals surface area contributed by atoms with E-state index >= 15 is 0 Å². The molecule has 3 N–H and O–H groups in total. The second-order valence-electron chi connectivity index (χ2n) is 11.7. The summed E-state index contributed by atoms with van der Waals surface area (Å²) >= 11 is 0. The number of hydrogen-bond acceptors (Lipinski definition) is 5. The van der Waals surface area contributed by atoms with E-state index in [-0.39, 0.29) is 25.4 Å². The van der Waals surface area contributed by atoms with E-state index in [9.17, 15) is 14.4 Å².